The van der Waals surface area contributed by atoms with Gasteiger partial charge in [-0.3, -0.25) is 4.98 Å². The van der Waals surface area contributed by atoms with E-state index in [9.17, 15) is 0 Å². The molecule has 1 heterocycles. The first-order chi connectivity index (χ1) is 8.74. The molecule has 0 aliphatic heterocycles. The van der Waals surface area contributed by atoms with E-state index in [4.69, 9.17) is 11.5 Å². The lowest BCUT2D eigenvalue weighted by molar-refractivity contribution is 0.703. The Balaban J connectivity index is 2.46. The van der Waals surface area contributed by atoms with Gasteiger partial charge in [0.2, 0.25) is 0 Å². The third-order valence-electron chi connectivity index (χ3n) is 2.50. The second-order valence-electron chi connectivity index (χ2n) is 4.09. The summed E-state index contributed by atoms with van der Waals surface area (Å²) in [5, 5.41) is 8.09. The summed E-state index contributed by atoms with van der Waals surface area (Å²) in [6.07, 6.45) is 5.61. The van der Waals surface area contributed by atoms with Gasteiger partial charge < -0.3 is 11.5 Å². The smallest absolute Gasteiger partial charge is 0.122 e. The molecule has 1 aromatic heterocycles. The van der Waals surface area contributed by atoms with Gasteiger partial charge in [-0.15, -0.1) is 5.10 Å². The highest BCUT2D eigenvalue weighted by atomic mass is 15.2. The number of amidine groups is 1. The zero-order valence-corrected chi connectivity index (χ0v) is 10.8. The number of unbranched alkanes of at least 4 members (excludes halogenated alkanes) is 2. The van der Waals surface area contributed by atoms with E-state index in [0.29, 0.717) is 5.84 Å². The summed E-state index contributed by atoms with van der Waals surface area (Å²) in [4.78, 5) is 4.19. The first-order valence-corrected chi connectivity index (χ1v) is 6.22. The van der Waals surface area contributed by atoms with E-state index in [1.165, 1.54) is 0 Å². The molecule has 0 bridgehead atoms. The Morgan fingerprint density at radius 2 is 2.06 bits per heavy atom. The summed E-state index contributed by atoms with van der Waals surface area (Å²) in [6, 6.07) is 5.68. The molecular weight excluding hydrogens is 226 g/mol. The molecule has 0 saturated heterocycles. The molecule has 5 heteroatoms. The Kier molecular flexibility index (Phi) is 6.64. The minimum absolute atomic E-state index is 0.558. The monoisotopic (exact) mass is 247 g/mol. The van der Waals surface area contributed by atoms with Crippen LogP contribution in [0.4, 0.5) is 0 Å². The molecule has 1 rings (SSSR count). The topological polar surface area (TPSA) is 89.6 Å². The summed E-state index contributed by atoms with van der Waals surface area (Å²) in [5.74, 6) is 0.558. The van der Waals surface area contributed by atoms with E-state index in [1.54, 1.807) is 6.20 Å². The van der Waals surface area contributed by atoms with Gasteiger partial charge in [-0.25, -0.2) is 0 Å². The molecule has 0 atom stereocenters. The van der Waals surface area contributed by atoms with Gasteiger partial charge in [0.1, 0.15) is 5.84 Å². The first kappa shape index (κ1) is 14.3. The predicted octanol–water partition coefficient (Wildman–Crippen LogP) is 1.68. The molecule has 18 heavy (non-hydrogen) atoms. The van der Waals surface area contributed by atoms with E-state index in [1.807, 2.05) is 25.1 Å². The largest absolute Gasteiger partial charge is 0.386 e. The Morgan fingerprint density at radius 1 is 1.22 bits per heavy atom. The van der Waals surface area contributed by atoms with Gasteiger partial charge in [0.25, 0.3) is 0 Å². The van der Waals surface area contributed by atoms with Crippen molar-refractivity contribution in [3.05, 3.63) is 30.1 Å². The van der Waals surface area contributed by atoms with Gasteiger partial charge in [0.05, 0.1) is 11.4 Å². The molecule has 0 radical (unpaired) electrons. The fourth-order valence-electron chi connectivity index (χ4n) is 1.44. The zero-order valence-electron chi connectivity index (χ0n) is 10.8. The summed E-state index contributed by atoms with van der Waals surface area (Å²) in [6.45, 7) is 2.60. The van der Waals surface area contributed by atoms with Crippen LogP contribution in [0.1, 0.15) is 38.3 Å². The Labute approximate surface area is 108 Å². The van der Waals surface area contributed by atoms with Crippen LogP contribution in [0.3, 0.4) is 0 Å². The Morgan fingerprint density at radius 3 is 2.72 bits per heavy atom. The van der Waals surface area contributed by atoms with Gasteiger partial charge >= 0.3 is 0 Å². The number of pyridine rings is 1. The summed E-state index contributed by atoms with van der Waals surface area (Å²) in [7, 11) is 0. The standard InChI is InChI=1S/C13H21N5/c1-11(12-7-4-6-10-16-12)17-18-13(15)8-3-2-5-9-14/h4,6-7,10H,2-3,5,8-9,14H2,1H3,(H2,15,18)/b17-11+. The first-order valence-electron chi connectivity index (χ1n) is 6.22. The maximum atomic E-state index is 5.77. The van der Waals surface area contributed by atoms with Crippen molar-refractivity contribution in [2.24, 2.45) is 21.7 Å². The summed E-state index contributed by atoms with van der Waals surface area (Å²) < 4.78 is 0. The van der Waals surface area contributed by atoms with Crippen molar-refractivity contribution in [1.29, 1.82) is 0 Å². The normalized spacial score (nSPS) is 12.8. The fourth-order valence-corrected chi connectivity index (χ4v) is 1.44. The molecule has 0 unspecified atom stereocenters. The Bertz CT molecular complexity index is 397. The quantitative estimate of drug-likeness (QED) is 0.332. The van der Waals surface area contributed by atoms with Crippen molar-refractivity contribution in [2.75, 3.05) is 6.54 Å². The van der Waals surface area contributed by atoms with Gasteiger partial charge in [-0.1, -0.05) is 12.5 Å². The van der Waals surface area contributed by atoms with Gasteiger partial charge in [-0.05, 0) is 38.4 Å². The molecule has 4 N–H and O–H groups in total. The van der Waals surface area contributed by atoms with Gasteiger partial charge in [-0.2, -0.15) is 5.10 Å². The van der Waals surface area contributed by atoms with Crippen molar-refractivity contribution in [1.82, 2.24) is 4.98 Å². The fraction of sp³-hybridized carbons (Fsp3) is 0.462. The van der Waals surface area contributed by atoms with Crippen LogP contribution < -0.4 is 11.5 Å². The van der Waals surface area contributed by atoms with E-state index < -0.39 is 0 Å². The molecule has 98 valence electrons. The molecule has 0 spiro atoms. The minimum Gasteiger partial charge on any atom is -0.386 e. The molecule has 0 fully saturated rings. The van der Waals surface area contributed by atoms with Crippen LogP contribution >= 0.6 is 0 Å². The highest BCUT2D eigenvalue weighted by molar-refractivity contribution is 5.97. The number of aromatic nitrogens is 1. The lowest BCUT2D eigenvalue weighted by Gasteiger charge is -1.99. The summed E-state index contributed by atoms with van der Waals surface area (Å²) >= 11 is 0. The lowest BCUT2D eigenvalue weighted by atomic mass is 10.2. The second kappa shape index (κ2) is 8.36. The number of hydrogen-bond acceptors (Lipinski definition) is 4. The van der Waals surface area contributed by atoms with Crippen LogP contribution in [-0.2, 0) is 0 Å². The number of nitrogens with two attached hydrogens (primary N) is 2. The SMILES string of the molecule is C/C(=N\N=C(/N)CCCCCN)c1ccccn1. The van der Waals surface area contributed by atoms with E-state index in [0.717, 1.165) is 43.6 Å². The molecule has 1 aromatic rings. The maximum absolute atomic E-state index is 5.77. The van der Waals surface area contributed by atoms with Crippen molar-refractivity contribution < 1.29 is 0 Å². The van der Waals surface area contributed by atoms with Crippen LogP contribution in [0, 0.1) is 0 Å². The lowest BCUT2D eigenvalue weighted by Crippen LogP contribution is -2.11. The van der Waals surface area contributed by atoms with Crippen molar-refractivity contribution in [3.8, 4) is 0 Å². The van der Waals surface area contributed by atoms with Crippen molar-refractivity contribution in [2.45, 2.75) is 32.6 Å². The van der Waals surface area contributed by atoms with Crippen LogP contribution in [-0.4, -0.2) is 23.1 Å². The van der Waals surface area contributed by atoms with E-state index >= 15 is 0 Å². The van der Waals surface area contributed by atoms with Crippen molar-refractivity contribution >= 4 is 11.5 Å². The zero-order chi connectivity index (χ0) is 13.2. The average molecular weight is 247 g/mol. The predicted molar refractivity (Wildman–Crippen MR) is 75.6 cm³/mol. The van der Waals surface area contributed by atoms with Crippen LogP contribution in [0.25, 0.3) is 0 Å². The third kappa shape index (κ3) is 5.54. The minimum atomic E-state index is 0.558. The highest BCUT2D eigenvalue weighted by Crippen LogP contribution is 2.00. The second-order valence-corrected chi connectivity index (χ2v) is 4.09. The number of hydrogen-bond donors (Lipinski definition) is 2. The molecule has 0 aliphatic rings. The molecular formula is C13H21N5. The molecule has 0 aliphatic carbocycles. The molecule has 0 aromatic carbocycles. The van der Waals surface area contributed by atoms with Crippen LogP contribution in [0.2, 0.25) is 0 Å². The Hall–Kier alpha value is -1.75. The highest BCUT2D eigenvalue weighted by Gasteiger charge is 1.97. The van der Waals surface area contributed by atoms with E-state index in [-0.39, 0.29) is 0 Å². The molecule has 0 amide bonds. The summed E-state index contributed by atoms with van der Waals surface area (Å²) in [5.41, 5.74) is 12.8. The molecule has 0 saturated carbocycles. The van der Waals surface area contributed by atoms with Crippen LogP contribution in [0.15, 0.2) is 34.6 Å². The third-order valence-corrected chi connectivity index (χ3v) is 2.50. The average Bonchev–Trinajstić information content (AvgIpc) is 2.42. The number of rotatable bonds is 7. The van der Waals surface area contributed by atoms with Crippen LogP contribution in [0.5, 0.6) is 0 Å². The molecule has 5 nitrogen and oxygen atoms in total. The van der Waals surface area contributed by atoms with Crippen molar-refractivity contribution in [3.63, 3.8) is 0 Å². The van der Waals surface area contributed by atoms with Gasteiger partial charge in [0.15, 0.2) is 0 Å². The van der Waals surface area contributed by atoms with E-state index in [2.05, 4.69) is 15.2 Å². The number of nitrogens with zero attached hydrogens (tertiary/aromatic N) is 3. The van der Waals surface area contributed by atoms with Gasteiger partial charge in [0, 0.05) is 12.6 Å². The maximum Gasteiger partial charge on any atom is 0.122 e.